The molecule has 3 aromatic carbocycles. The van der Waals surface area contributed by atoms with E-state index >= 15 is 0 Å². The number of urea groups is 1. The maximum Gasteiger partial charge on any atom is 0.573 e. The van der Waals surface area contributed by atoms with Gasteiger partial charge in [-0.1, -0.05) is 44.0 Å². The van der Waals surface area contributed by atoms with Crippen molar-refractivity contribution in [3.05, 3.63) is 87.3 Å². The van der Waals surface area contributed by atoms with E-state index in [1.807, 2.05) is 43.3 Å². The standard InChI is InChI=1S/C23H17Br2F3N2O2/c1-14-21(15-3-2-4-20(13-15)32-23(26,27)28)30(19-11-7-17(25)8-12-19)22(31)29(14)18-9-5-16(24)6-10-18/h2-14,21H,1H3/t14-,21+/m1/s1. The van der Waals surface area contributed by atoms with Crippen molar-refractivity contribution in [3.8, 4) is 5.75 Å². The molecule has 3 aromatic rings. The largest absolute Gasteiger partial charge is 0.573 e. The molecule has 2 amide bonds. The number of benzene rings is 3. The van der Waals surface area contributed by atoms with Gasteiger partial charge in [0.25, 0.3) is 0 Å². The van der Waals surface area contributed by atoms with Gasteiger partial charge in [-0.05, 0) is 73.2 Å². The number of halogens is 5. The summed E-state index contributed by atoms with van der Waals surface area (Å²) in [5, 5.41) is 0. The minimum absolute atomic E-state index is 0.269. The number of anilines is 2. The molecule has 4 nitrogen and oxygen atoms in total. The van der Waals surface area contributed by atoms with Crippen LogP contribution in [0.25, 0.3) is 0 Å². The Kier molecular flexibility index (Phi) is 6.22. The molecular weight excluding hydrogens is 553 g/mol. The number of alkyl halides is 3. The number of hydrogen-bond donors (Lipinski definition) is 0. The Bertz CT molecular complexity index is 1120. The summed E-state index contributed by atoms with van der Waals surface area (Å²) >= 11 is 6.79. The van der Waals surface area contributed by atoms with E-state index in [0.29, 0.717) is 16.9 Å². The number of nitrogens with zero attached hydrogens (tertiary/aromatic N) is 2. The van der Waals surface area contributed by atoms with E-state index in [9.17, 15) is 18.0 Å². The zero-order valence-electron chi connectivity index (χ0n) is 16.7. The Morgan fingerprint density at radius 3 is 1.91 bits per heavy atom. The van der Waals surface area contributed by atoms with Crippen LogP contribution < -0.4 is 14.5 Å². The SMILES string of the molecule is C[C@@H]1[C@@H](c2cccc(OC(F)(F)F)c2)N(c2ccc(Br)cc2)C(=O)N1c1ccc(Br)cc1. The van der Waals surface area contributed by atoms with Crippen LogP contribution in [0.2, 0.25) is 0 Å². The Labute approximate surface area is 199 Å². The average molecular weight is 570 g/mol. The van der Waals surface area contributed by atoms with Gasteiger partial charge in [-0.15, -0.1) is 13.2 Å². The van der Waals surface area contributed by atoms with Crippen LogP contribution in [0.1, 0.15) is 18.5 Å². The maximum atomic E-state index is 13.6. The number of ether oxygens (including phenoxy) is 1. The summed E-state index contributed by atoms with van der Waals surface area (Å²) in [6, 6.07) is 19.1. The summed E-state index contributed by atoms with van der Waals surface area (Å²) in [7, 11) is 0. The van der Waals surface area contributed by atoms with E-state index in [4.69, 9.17) is 0 Å². The van der Waals surface area contributed by atoms with E-state index in [1.54, 1.807) is 28.0 Å². The maximum absolute atomic E-state index is 13.6. The molecule has 1 aliphatic heterocycles. The van der Waals surface area contributed by atoms with Gasteiger partial charge >= 0.3 is 12.4 Å². The van der Waals surface area contributed by atoms with E-state index in [-0.39, 0.29) is 17.8 Å². The molecule has 166 valence electrons. The van der Waals surface area contributed by atoms with Crippen LogP contribution in [0.15, 0.2) is 81.7 Å². The first-order valence-corrected chi connectivity index (χ1v) is 11.2. The fourth-order valence-corrected chi connectivity index (χ4v) is 4.44. The van der Waals surface area contributed by atoms with Crippen molar-refractivity contribution in [2.45, 2.75) is 25.4 Å². The highest BCUT2D eigenvalue weighted by Crippen LogP contribution is 2.42. The highest BCUT2D eigenvalue weighted by atomic mass is 79.9. The zero-order chi connectivity index (χ0) is 23.0. The molecule has 1 saturated heterocycles. The van der Waals surface area contributed by atoms with Crippen molar-refractivity contribution < 1.29 is 22.7 Å². The lowest BCUT2D eigenvalue weighted by Crippen LogP contribution is -2.33. The number of amides is 2. The molecule has 0 aromatic heterocycles. The highest BCUT2D eigenvalue weighted by Gasteiger charge is 2.46. The van der Waals surface area contributed by atoms with Gasteiger partial charge in [0.2, 0.25) is 0 Å². The molecule has 0 spiro atoms. The first-order chi connectivity index (χ1) is 15.1. The van der Waals surface area contributed by atoms with E-state index in [1.165, 1.54) is 18.2 Å². The molecule has 0 aliphatic carbocycles. The normalized spacial score (nSPS) is 18.9. The Morgan fingerprint density at radius 1 is 0.844 bits per heavy atom. The Balaban J connectivity index is 1.80. The van der Waals surface area contributed by atoms with Crippen LogP contribution in [0, 0.1) is 0 Å². The lowest BCUT2D eigenvalue weighted by Gasteiger charge is -2.26. The number of carbonyl (C=O) groups is 1. The van der Waals surface area contributed by atoms with Crippen LogP contribution in [-0.2, 0) is 0 Å². The second kappa shape index (κ2) is 8.78. The van der Waals surface area contributed by atoms with Gasteiger partial charge in [0.05, 0.1) is 12.1 Å². The number of rotatable bonds is 4. The second-order valence-electron chi connectivity index (χ2n) is 7.28. The molecule has 0 radical (unpaired) electrons. The molecular formula is C23H17Br2F3N2O2. The fraction of sp³-hybridized carbons (Fsp3) is 0.174. The molecule has 0 N–H and O–H groups in total. The predicted molar refractivity (Wildman–Crippen MR) is 124 cm³/mol. The molecule has 32 heavy (non-hydrogen) atoms. The van der Waals surface area contributed by atoms with Gasteiger partial charge in [0.15, 0.2) is 0 Å². The van der Waals surface area contributed by atoms with E-state index < -0.39 is 12.4 Å². The van der Waals surface area contributed by atoms with Crippen molar-refractivity contribution in [1.82, 2.24) is 0 Å². The van der Waals surface area contributed by atoms with Gasteiger partial charge in [-0.3, -0.25) is 9.80 Å². The molecule has 2 atom stereocenters. The van der Waals surface area contributed by atoms with Crippen molar-refractivity contribution in [3.63, 3.8) is 0 Å². The smallest absolute Gasteiger partial charge is 0.406 e. The molecule has 1 heterocycles. The molecule has 1 fully saturated rings. The zero-order valence-corrected chi connectivity index (χ0v) is 19.9. The van der Waals surface area contributed by atoms with Crippen molar-refractivity contribution in [2.24, 2.45) is 0 Å². The van der Waals surface area contributed by atoms with Crippen molar-refractivity contribution in [1.29, 1.82) is 0 Å². The third-order valence-corrected chi connectivity index (χ3v) is 6.25. The summed E-state index contributed by atoms with van der Waals surface area (Å²) in [6.45, 7) is 1.88. The van der Waals surface area contributed by atoms with Gasteiger partial charge in [0.1, 0.15) is 5.75 Å². The van der Waals surface area contributed by atoms with Crippen LogP contribution in [0.5, 0.6) is 5.75 Å². The summed E-state index contributed by atoms with van der Waals surface area (Å²) in [5.41, 5.74) is 1.87. The van der Waals surface area contributed by atoms with E-state index in [2.05, 4.69) is 36.6 Å². The monoisotopic (exact) mass is 568 g/mol. The van der Waals surface area contributed by atoms with Gasteiger partial charge < -0.3 is 4.74 Å². The molecule has 4 rings (SSSR count). The molecule has 0 bridgehead atoms. The topological polar surface area (TPSA) is 32.8 Å². The van der Waals surface area contributed by atoms with Crippen LogP contribution >= 0.6 is 31.9 Å². The number of hydrogen-bond acceptors (Lipinski definition) is 2. The van der Waals surface area contributed by atoms with Crippen LogP contribution in [-0.4, -0.2) is 18.4 Å². The predicted octanol–water partition coefficient (Wildman–Crippen LogP) is 7.69. The quantitative estimate of drug-likeness (QED) is 0.323. The lowest BCUT2D eigenvalue weighted by molar-refractivity contribution is -0.274. The molecule has 0 unspecified atom stereocenters. The minimum atomic E-state index is -4.80. The van der Waals surface area contributed by atoms with Gasteiger partial charge in [-0.2, -0.15) is 0 Å². The van der Waals surface area contributed by atoms with Crippen LogP contribution in [0.3, 0.4) is 0 Å². The third kappa shape index (κ3) is 4.63. The van der Waals surface area contributed by atoms with Gasteiger partial charge in [0, 0.05) is 20.3 Å². The fourth-order valence-electron chi connectivity index (χ4n) is 3.91. The Hall–Kier alpha value is -2.52. The lowest BCUT2D eigenvalue weighted by atomic mass is 9.99. The average Bonchev–Trinajstić information content (AvgIpc) is 2.98. The summed E-state index contributed by atoms with van der Waals surface area (Å²) in [5.74, 6) is -0.326. The molecule has 9 heteroatoms. The van der Waals surface area contributed by atoms with Crippen molar-refractivity contribution >= 4 is 49.3 Å². The van der Waals surface area contributed by atoms with E-state index in [0.717, 1.165) is 8.95 Å². The molecule has 1 aliphatic rings. The van der Waals surface area contributed by atoms with Gasteiger partial charge in [-0.25, -0.2) is 4.79 Å². The third-order valence-electron chi connectivity index (χ3n) is 5.20. The van der Waals surface area contributed by atoms with Crippen molar-refractivity contribution in [2.75, 3.05) is 9.80 Å². The summed E-state index contributed by atoms with van der Waals surface area (Å²) in [6.07, 6.45) is -4.80. The second-order valence-corrected chi connectivity index (χ2v) is 9.11. The first kappa shape index (κ1) is 22.7. The molecule has 0 saturated carbocycles. The summed E-state index contributed by atoms with van der Waals surface area (Å²) in [4.78, 5) is 16.9. The number of carbonyl (C=O) groups excluding carboxylic acids is 1. The first-order valence-electron chi connectivity index (χ1n) is 9.63. The minimum Gasteiger partial charge on any atom is -0.406 e. The van der Waals surface area contributed by atoms with Crippen LogP contribution in [0.4, 0.5) is 29.3 Å². The highest BCUT2D eigenvalue weighted by molar-refractivity contribution is 9.10. The Morgan fingerprint density at radius 2 is 1.38 bits per heavy atom. The summed E-state index contributed by atoms with van der Waals surface area (Å²) < 4.78 is 44.2.